The maximum absolute atomic E-state index is 14.1. The molecule has 3 rings (SSSR count). The van der Waals surface area contributed by atoms with Crippen molar-refractivity contribution in [2.75, 3.05) is 27.8 Å². The topological polar surface area (TPSA) is 258 Å². The largest absolute Gasteiger partial charge is 0.481 e. The third-order valence-electron chi connectivity index (χ3n) is 12.7. The van der Waals surface area contributed by atoms with Crippen molar-refractivity contribution in [1.82, 2.24) is 4.90 Å². The second kappa shape index (κ2) is 23.0. The molecule has 18 nitrogen and oxygen atoms in total. The van der Waals surface area contributed by atoms with Crippen LogP contribution in [-0.4, -0.2) is 171 Å². The Bertz CT molecular complexity index is 1430. The highest BCUT2D eigenvalue weighted by atomic mass is 16.7. The molecular weight excluding hydrogens is 802 g/mol. The second-order valence-corrected chi connectivity index (χ2v) is 18.2. The van der Waals surface area contributed by atoms with E-state index in [-0.39, 0.29) is 44.2 Å². The summed E-state index contributed by atoms with van der Waals surface area (Å²) in [6.07, 6.45) is -9.90. The summed E-state index contributed by atoms with van der Waals surface area (Å²) in [4.78, 5) is 50.1. The lowest BCUT2D eigenvalue weighted by molar-refractivity contribution is -0.318. The van der Waals surface area contributed by atoms with Crippen molar-refractivity contribution in [3.63, 3.8) is 0 Å². The summed E-state index contributed by atoms with van der Waals surface area (Å²) >= 11 is 0. The number of hydrogen-bond acceptors (Lipinski definition) is 17. The van der Waals surface area contributed by atoms with Gasteiger partial charge in [-0.25, -0.2) is 0 Å². The first-order valence-electron chi connectivity index (χ1n) is 21.5. The molecule has 356 valence electrons. The Balaban J connectivity index is 0.00000113. The number of carbonyl (C=O) groups is 4. The number of ether oxygens (including phenoxy) is 7. The van der Waals surface area contributed by atoms with Gasteiger partial charge in [-0.15, -0.1) is 0 Å². The lowest BCUT2D eigenvalue weighted by Crippen LogP contribution is -2.61. The molecule has 3 heterocycles. The molecule has 0 aromatic rings. The first-order chi connectivity index (χ1) is 28.1. The minimum absolute atomic E-state index is 0.0385. The Morgan fingerprint density at radius 1 is 0.869 bits per heavy atom. The maximum Gasteiger partial charge on any atom is 0.311 e. The molecule has 3 fully saturated rings. The summed E-state index contributed by atoms with van der Waals surface area (Å²) in [5, 5.41) is 65.7. The van der Waals surface area contributed by atoms with Crippen LogP contribution in [0.1, 0.15) is 115 Å². The van der Waals surface area contributed by atoms with Crippen LogP contribution in [0.25, 0.3) is 0 Å². The SMILES string of the molecule is CCOC(=O)CCC(=O)O.CC[C@H]1OC(=O)[C@H](C)[C@@H](O[C@H]2C[C@@](C)(OC)[C@@H](O)[C@H](C)O2)[C@@H](C)[C@@H](O[C@@H]2O[C@H](C)C[C@H](N(C)C)[C@H]2O)[C@](C)(O)C[C@@H](C)C(=O)[C@H](C)[C@H](O)[C@]1(C)O. The van der Waals surface area contributed by atoms with Gasteiger partial charge in [-0.1, -0.05) is 27.7 Å². The number of aliphatic hydroxyl groups excluding tert-OH is 3. The molecule has 0 spiro atoms. The second-order valence-electron chi connectivity index (χ2n) is 18.2. The van der Waals surface area contributed by atoms with Crippen LogP contribution < -0.4 is 0 Å². The van der Waals surface area contributed by atoms with Crippen LogP contribution in [0.15, 0.2) is 0 Å². The zero-order valence-corrected chi connectivity index (χ0v) is 38.7. The molecule has 6 N–H and O–H groups in total. The number of Topliss-reactive ketones (excluding diaryl/α,β-unsaturated/α-hetero) is 1. The summed E-state index contributed by atoms with van der Waals surface area (Å²) in [6.45, 7) is 18.3. The average molecular weight is 880 g/mol. The Kier molecular flexibility index (Phi) is 20.7. The molecule has 3 saturated heterocycles. The number of ketones is 1. The van der Waals surface area contributed by atoms with Crippen LogP contribution >= 0.6 is 0 Å². The third kappa shape index (κ3) is 14.1. The van der Waals surface area contributed by atoms with Gasteiger partial charge in [0.05, 0.1) is 67.1 Å². The summed E-state index contributed by atoms with van der Waals surface area (Å²) in [5.41, 5.74) is -4.84. The van der Waals surface area contributed by atoms with Gasteiger partial charge in [0.1, 0.15) is 29.7 Å². The maximum atomic E-state index is 14.1. The zero-order chi connectivity index (χ0) is 46.9. The summed E-state index contributed by atoms with van der Waals surface area (Å²) in [5.74, 6) is -6.41. The monoisotopic (exact) mass is 880 g/mol. The fourth-order valence-electron chi connectivity index (χ4n) is 8.85. The van der Waals surface area contributed by atoms with Crippen molar-refractivity contribution >= 4 is 23.7 Å². The van der Waals surface area contributed by atoms with E-state index in [1.807, 2.05) is 25.9 Å². The lowest BCUT2D eigenvalue weighted by Gasteiger charge is -2.49. The lowest BCUT2D eigenvalue weighted by atomic mass is 9.74. The van der Waals surface area contributed by atoms with Crippen LogP contribution in [0.4, 0.5) is 0 Å². The number of aliphatic carboxylic acids is 1. The Hall–Kier alpha value is -2.36. The smallest absolute Gasteiger partial charge is 0.311 e. The number of likely N-dealkylation sites (N-methyl/N-ethyl adjacent to an activating group) is 1. The number of methoxy groups -OCH3 is 1. The Labute approximate surface area is 361 Å². The van der Waals surface area contributed by atoms with Gasteiger partial charge in [0, 0.05) is 37.3 Å². The number of carbonyl (C=O) groups excluding carboxylic acids is 3. The van der Waals surface area contributed by atoms with E-state index in [1.54, 1.807) is 48.5 Å². The fourth-order valence-corrected chi connectivity index (χ4v) is 8.85. The molecular formula is C43H77NO17. The first-order valence-corrected chi connectivity index (χ1v) is 21.5. The van der Waals surface area contributed by atoms with Crippen molar-refractivity contribution in [3.05, 3.63) is 0 Å². The predicted molar refractivity (Wildman–Crippen MR) is 220 cm³/mol. The Morgan fingerprint density at radius 3 is 2.00 bits per heavy atom. The van der Waals surface area contributed by atoms with Crippen molar-refractivity contribution in [3.8, 4) is 0 Å². The quantitative estimate of drug-likeness (QED) is 0.163. The first kappa shape index (κ1) is 54.8. The molecule has 0 aromatic heterocycles. The molecule has 0 aromatic carbocycles. The molecule has 0 aliphatic carbocycles. The molecule has 3 aliphatic heterocycles. The number of nitrogens with zero attached hydrogens (tertiary/aromatic N) is 1. The summed E-state index contributed by atoms with van der Waals surface area (Å²) < 4.78 is 41.5. The normalized spacial score (nSPS) is 43.0. The number of rotatable bonds is 11. The molecule has 3 aliphatic rings. The van der Waals surface area contributed by atoms with Gasteiger partial charge in [0.25, 0.3) is 0 Å². The van der Waals surface area contributed by atoms with E-state index < -0.39 is 119 Å². The van der Waals surface area contributed by atoms with Gasteiger partial charge < -0.3 is 68.7 Å². The zero-order valence-electron chi connectivity index (χ0n) is 38.7. The van der Waals surface area contributed by atoms with Crippen LogP contribution in [0.3, 0.4) is 0 Å². The minimum Gasteiger partial charge on any atom is -0.481 e. The number of cyclic esters (lactones) is 1. The molecule has 18 atom stereocenters. The van der Waals surface area contributed by atoms with E-state index in [4.69, 9.17) is 33.5 Å². The molecule has 0 unspecified atom stereocenters. The average Bonchev–Trinajstić information content (AvgIpc) is 3.18. The molecule has 0 saturated carbocycles. The highest BCUT2D eigenvalue weighted by Gasteiger charge is 2.53. The molecule has 0 amide bonds. The third-order valence-corrected chi connectivity index (χ3v) is 12.7. The number of hydrogen-bond donors (Lipinski definition) is 6. The highest BCUT2D eigenvalue weighted by molar-refractivity contribution is 5.83. The van der Waals surface area contributed by atoms with Crippen LogP contribution in [0.2, 0.25) is 0 Å². The van der Waals surface area contributed by atoms with Crippen LogP contribution in [0, 0.1) is 23.7 Å². The Morgan fingerprint density at radius 2 is 1.48 bits per heavy atom. The van der Waals surface area contributed by atoms with Crippen molar-refractivity contribution in [1.29, 1.82) is 0 Å². The van der Waals surface area contributed by atoms with E-state index >= 15 is 0 Å². The molecule has 0 bridgehead atoms. The predicted octanol–water partition coefficient (Wildman–Crippen LogP) is 2.20. The summed E-state index contributed by atoms with van der Waals surface area (Å²) in [6, 6.07) is -0.324. The van der Waals surface area contributed by atoms with Crippen molar-refractivity contribution in [2.45, 2.75) is 199 Å². The molecule has 18 heteroatoms. The molecule has 61 heavy (non-hydrogen) atoms. The number of aliphatic hydroxyl groups is 5. The number of esters is 2. The molecule has 0 radical (unpaired) electrons. The van der Waals surface area contributed by atoms with E-state index in [0.717, 1.165) is 0 Å². The van der Waals surface area contributed by atoms with Gasteiger partial charge in [-0.3, -0.25) is 19.2 Å². The van der Waals surface area contributed by atoms with E-state index in [9.17, 15) is 44.7 Å². The standard InChI is InChI=1S/C37H67NO13.C6H10O4/c1-14-25-37(10,45)30(41)20(4)27(39)18(2)16-35(8,44)32(51-34-28(40)24(38(11)12)15-19(3)47-34)21(5)29(22(6)33(43)49-25)50-26-17-36(9,46-13)31(42)23(7)48-26;1-2-10-6(9)4-3-5(7)8/h18-26,28-32,34,40-42,44-45H,14-17H2,1-13H3;2-4H2,1H3,(H,7,8)/t18-,19-,20+,21-,22-,23+,24+,25-,26+,28-,29+,30+,31+,32-,34+,35-,36-,37-;/m1./s1. The number of carboxylic acids is 1. The van der Waals surface area contributed by atoms with Gasteiger partial charge >= 0.3 is 17.9 Å². The van der Waals surface area contributed by atoms with Gasteiger partial charge in [-0.2, -0.15) is 0 Å². The van der Waals surface area contributed by atoms with Gasteiger partial charge in [-0.05, 0) is 81.8 Å². The minimum atomic E-state index is -1.99. The number of carboxylic acid groups (broad SMARTS) is 1. The summed E-state index contributed by atoms with van der Waals surface area (Å²) in [7, 11) is 5.18. The van der Waals surface area contributed by atoms with Crippen LogP contribution in [0.5, 0.6) is 0 Å². The van der Waals surface area contributed by atoms with Crippen molar-refractivity contribution < 1.29 is 83.0 Å². The van der Waals surface area contributed by atoms with Crippen molar-refractivity contribution in [2.24, 2.45) is 23.7 Å². The van der Waals surface area contributed by atoms with E-state index in [1.165, 1.54) is 27.9 Å². The van der Waals surface area contributed by atoms with E-state index in [2.05, 4.69) is 4.74 Å². The van der Waals surface area contributed by atoms with E-state index in [0.29, 0.717) is 13.0 Å². The fraction of sp³-hybridized carbons (Fsp3) is 0.907. The highest BCUT2D eigenvalue weighted by Crippen LogP contribution is 2.40. The van der Waals surface area contributed by atoms with Crippen LogP contribution in [-0.2, 0) is 52.3 Å². The van der Waals surface area contributed by atoms with Gasteiger partial charge in [0.2, 0.25) is 0 Å². The van der Waals surface area contributed by atoms with Gasteiger partial charge in [0.15, 0.2) is 12.6 Å².